The standard InChI is InChI=1S/C14H26N2O2/c15-14(7-2-1-3-8-14)10-13(18)16-11-5-4-6-12(17)9-11/h11-12,17H,1-10,15H2,(H,16,18). The van der Waals surface area contributed by atoms with Gasteiger partial charge in [-0.05, 0) is 38.5 Å². The van der Waals surface area contributed by atoms with Gasteiger partial charge in [-0.3, -0.25) is 4.79 Å². The van der Waals surface area contributed by atoms with Gasteiger partial charge in [-0.1, -0.05) is 19.3 Å². The number of amides is 1. The number of hydrogen-bond acceptors (Lipinski definition) is 3. The second-order valence-electron chi connectivity index (χ2n) is 6.18. The Morgan fingerprint density at radius 3 is 2.61 bits per heavy atom. The van der Waals surface area contributed by atoms with Crippen LogP contribution in [0.3, 0.4) is 0 Å². The molecule has 2 fully saturated rings. The van der Waals surface area contributed by atoms with Gasteiger partial charge in [0, 0.05) is 18.0 Å². The molecule has 0 aliphatic heterocycles. The maximum Gasteiger partial charge on any atom is 0.222 e. The molecule has 2 rings (SSSR count). The lowest BCUT2D eigenvalue weighted by Gasteiger charge is -2.34. The molecule has 4 nitrogen and oxygen atoms in total. The van der Waals surface area contributed by atoms with Crippen LogP contribution in [0.5, 0.6) is 0 Å². The molecule has 2 atom stereocenters. The van der Waals surface area contributed by atoms with E-state index in [9.17, 15) is 9.90 Å². The molecule has 1 amide bonds. The summed E-state index contributed by atoms with van der Waals surface area (Å²) < 4.78 is 0. The third-order valence-electron chi connectivity index (χ3n) is 4.37. The third-order valence-corrected chi connectivity index (χ3v) is 4.37. The minimum absolute atomic E-state index is 0.0681. The third kappa shape index (κ3) is 3.95. The number of carbonyl (C=O) groups is 1. The van der Waals surface area contributed by atoms with Crippen molar-refractivity contribution in [3.63, 3.8) is 0 Å². The molecule has 0 saturated heterocycles. The summed E-state index contributed by atoms with van der Waals surface area (Å²) in [5, 5.41) is 12.6. The molecule has 18 heavy (non-hydrogen) atoms. The van der Waals surface area contributed by atoms with Crippen LogP contribution in [0, 0.1) is 0 Å². The Hall–Kier alpha value is -0.610. The van der Waals surface area contributed by atoms with Crippen molar-refractivity contribution >= 4 is 5.91 Å². The molecule has 2 unspecified atom stereocenters. The lowest BCUT2D eigenvalue weighted by atomic mass is 9.80. The van der Waals surface area contributed by atoms with Crippen molar-refractivity contribution < 1.29 is 9.90 Å². The first-order valence-electron chi connectivity index (χ1n) is 7.34. The number of nitrogens with one attached hydrogen (secondary N) is 1. The minimum atomic E-state index is -0.282. The Bertz CT molecular complexity index is 288. The zero-order chi connectivity index (χ0) is 13.0. The quantitative estimate of drug-likeness (QED) is 0.713. The van der Waals surface area contributed by atoms with E-state index >= 15 is 0 Å². The molecule has 4 N–H and O–H groups in total. The smallest absolute Gasteiger partial charge is 0.222 e. The predicted molar refractivity (Wildman–Crippen MR) is 71.0 cm³/mol. The summed E-state index contributed by atoms with van der Waals surface area (Å²) in [6, 6.07) is 0.147. The van der Waals surface area contributed by atoms with Crippen LogP contribution >= 0.6 is 0 Å². The van der Waals surface area contributed by atoms with Gasteiger partial charge in [-0.25, -0.2) is 0 Å². The fourth-order valence-electron chi connectivity index (χ4n) is 3.33. The van der Waals surface area contributed by atoms with E-state index in [2.05, 4.69) is 5.32 Å². The Morgan fingerprint density at radius 2 is 1.94 bits per heavy atom. The number of hydrogen-bond donors (Lipinski definition) is 3. The van der Waals surface area contributed by atoms with Crippen LogP contribution < -0.4 is 11.1 Å². The fourth-order valence-corrected chi connectivity index (χ4v) is 3.33. The van der Waals surface area contributed by atoms with Gasteiger partial charge >= 0.3 is 0 Å². The normalized spacial score (nSPS) is 31.9. The predicted octanol–water partition coefficient (Wildman–Crippen LogP) is 1.46. The van der Waals surface area contributed by atoms with Crippen LogP contribution in [0.15, 0.2) is 0 Å². The summed E-state index contributed by atoms with van der Waals surface area (Å²) in [7, 11) is 0. The maximum absolute atomic E-state index is 12.0. The number of aliphatic hydroxyl groups excluding tert-OH is 1. The van der Waals surface area contributed by atoms with Gasteiger partial charge in [0.15, 0.2) is 0 Å². The monoisotopic (exact) mass is 254 g/mol. The molecule has 0 aromatic rings. The van der Waals surface area contributed by atoms with Gasteiger partial charge in [0.25, 0.3) is 0 Å². The Labute approximate surface area is 109 Å². The summed E-state index contributed by atoms with van der Waals surface area (Å²) in [5.74, 6) is 0.0681. The molecule has 0 aromatic carbocycles. The summed E-state index contributed by atoms with van der Waals surface area (Å²) in [6.07, 6.45) is 9.22. The van der Waals surface area contributed by atoms with Gasteiger partial charge in [-0.2, -0.15) is 0 Å². The first-order valence-corrected chi connectivity index (χ1v) is 7.34. The van der Waals surface area contributed by atoms with Gasteiger partial charge in [-0.15, -0.1) is 0 Å². The number of carbonyl (C=O) groups excluding carboxylic acids is 1. The van der Waals surface area contributed by atoms with Gasteiger partial charge in [0.1, 0.15) is 0 Å². The molecule has 0 spiro atoms. The minimum Gasteiger partial charge on any atom is -0.393 e. The molecule has 0 radical (unpaired) electrons. The largest absolute Gasteiger partial charge is 0.393 e. The Kier molecular flexibility index (Phi) is 4.62. The van der Waals surface area contributed by atoms with Crippen molar-refractivity contribution in [1.29, 1.82) is 0 Å². The second-order valence-corrected chi connectivity index (χ2v) is 6.18. The molecular formula is C14H26N2O2. The van der Waals surface area contributed by atoms with E-state index in [-0.39, 0.29) is 23.6 Å². The maximum atomic E-state index is 12.0. The van der Waals surface area contributed by atoms with E-state index in [1.54, 1.807) is 0 Å². The average molecular weight is 254 g/mol. The summed E-state index contributed by atoms with van der Waals surface area (Å²) in [6.45, 7) is 0. The van der Waals surface area contributed by atoms with Crippen molar-refractivity contribution in [2.24, 2.45) is 5.73 Å². The fraction of sp³-hybridized carbons (Fsp3) is 0.929. The summed E-state index contributed by atoms with van der Waals surface area (Å²) >= 11 is 0. The molecule has 104 valence electrons. The van der Waals surface area contributed by atoms with Crippen LogP contribution in [0.1, 0.15) is 64.2 Å². The van der Waals surface area contributed by atoms with E-state index in [4.69, 9.17) is 5.73 Å². The highest BCUT2D eigenvalue weighted by Gasteiger charge is 2.31. The van der Waals surface area contributed by atoms with Crippen molar-refractivity contribution in [2.45, 2.75) is 81.9 Å². The van der Waals surface area contributed by atoms with E-state index in [1.165, 1.54) is 6.42 Å². The number of aliphatic hydroxyl groups is 1. The van der Waals surface area contributed by atoms with Crippen LogP contribution in [0.25, 0.3) is 0 Å². The van der Waals surface area contributed by atoms with E-state index < -0.39 is 0 Å². The molecule has 2 saturated carbocycles. The lowest BCUT2D eigenvalue weighted by Crippen LogP contribution is -2.48. The van der Waals surface area contributed by atoms with Crippen LogP contribution in [-0.4, -0.2) is 28.7 Å². The Balaban J connectivity index is 1.77. The summed E-state index contributed by atoms with van der Waals surface area (Å²) in [4.78, 5) is 12.0. The van der Waals surface area contributed by atoms with Crippen LogP contribution in [-0.2, 0) is 4.79 Å². The van der Waals surface area contributed by atoms with Crippen LogP contribution in [0.2, 0.25) is 0 Å². The molecule has 0 heterocycles. The molecule has 0 aromatic heterocycles. The van der Waals surface area contributed by atoms with Crippen LogP contribution in [0.4, 0.5) is 0 Å². The number of rotatable bonds is 3. The van der Waals surface area contributed by atoms with Crippen molar-refractivity contribution in [3.8, 4) is 0 Å². The molecular weight excluding hydrogens is 228 g/mol. The molecule has 4 heteroatoms. The van der Waals surface area contributed by atoms with E-state index in [0.29, 0.717) is 12.8 Å². The highest BCUT2D eigenvalue weighted by Crippen LogP contribution is 2.28. The zero-order valence-corrected chi connectivity index (χ0v) is 11.2. The van der Waals surface area contributed by atoms with E-state index in [1.807, 2.05) is 0 Å². The van der Waals surface area contributed by atoms with Gasteiger partial charge < -0.3 is 16.2 Å². The Morgan fingerprint density at radius 1 is 1.22 bits per heavy atom. The topological polar surface area (TPSA) is 75.4 Å². The SMILES string of the molecule is NC1(CC(=O)NC2CCCC(O)C2)CCCCC1. The molecule has 2 aliphatic carbocycles. The highest BCUT2D eigenvalue weighted by molar-refractivity contribution is 5.77. The number of nitrogens with two attached hydrogens (primary N) is 1. The van der Waals surface area contributed by atoms with Crippen molar-refractivity contribution in [3.05, 3.63) is 0 Å². The average Bonchev–Trinajstić information content (AvgIpc) is 2.28. The van der Waals surface area contributed by atoms with E-state index in [0.717, 1.165) is 44.9 Å². The zero-order valence-electron chi connectivity index (χ0n) is 11.2. The second kappa shape index (κ2) is 6.02. The van der Waals surface area contributed by atoms with Gasteiger partial charge in [0.2, 0.25) is 5.91 Å². The highest BCUT2D eigenvalue weighted by atomic mass is 16.3. The molecule has 2 aliphatic rings. The van der Waals surface area contributed by atoms with Crippen molar-refractivity contribution in [2.75, 3.05) is 0 Å². The molecule has 0 bridgehead atoms. The van der Waals surface area contributed by atoms with Gasteiger partial charge in [0.05, 0.1) is 6.10 Å². The summed E-state index contributed by atoms with van der Waals surface area (Å²) in [5.41, 5.74) is 6.00. The van der Waals surface area contributed by atoms with Crippen molar-refractivity contribution in [1.82, 2.24) is 5.32 Å². The first kappa shape index (κ1) is 13.8. The lowest BCUT2D eigenvalue weighted by molar-refractivity contribution is -0.123. The first-order chi connectivity index (χ1) is 8.57.